The fourth-order valence-corrected chi connectivity index (χ4v) is 3.15. The molecule has 0 radical (unpaired) electrons. The summed E-state index contributed by atoms with van der Waals surface area (Å²) in [5.41, 5.74) is 1.29. The molecular formula is C13H12Cl2S. The van der Waals surface area contributed by atoms with Crippen LogP contribution in [0.5, 0.6) is 0 Å². The van der Waals surface area contributed by atoms with Crippen molar-refractivity contribution >= 4 is 34.5 Å². The molecule has 16 heavy (non-hydrogen) atoms. The molecule has 0 amide bonds. The standard InChI is InChI=1S/C13H12Cl2S/c14-9-11(10-4-2-1-3-5-10)8-12-6-7-13(15)16-12/h1-7,11H,8-9H2. The molecule has 0 spiro atoms. The number of rotatable bonds is 4. The zero-order chi connectivity index (χ0) is 11.4. The Balaban J connectivity index is 2.12. The van der Waals surface area contributed by atoms with Gasteiger partial charge in [0, 0.05) is 16.7 Å². The molecule has 3 heteroatoms. The molecule has 2 rings (SSSR count). The molecule has 1 atom stereocenters. The van der Waals surface area contributed by atoms with Crippen molar-refractivity contribution in [3.05, 3.63) is 57.2 Å². The van der Waals surface area contributed by atoms with Gasteiger partial charge in [-0.3, -0.25) is 0 Å². The first-order valence-corrected chi connectivity index (χ1v) is 6.87. The van der Waals surface area contributed by atoms with Crippen molar-refractivity contribution in [3.63, 3.8) is 0 Å². The van der Waals surface area contributed by atoms with Crippen LogP contribution in [-0.2, 0) is 6.42 Å². The first-order valence-electron chi connectivity index (χ1n) is 5.14. The molecule has 0 fully saturated rings. The fourth-order valence-electron chi connectivity index (χ4n) is 1.69. The zero-order valence-corrected chi connectivity index (χ0v) is 11.0. The van der Waals surface area contributed by atoms with Crippen molar-refractivity contribution in [1.82, 2.24) is 0 Å². The van der Waals surface area contributed by atoms with Gasteiger partial charge in [0.2, 0.25) is 0 Å². The summed E-state index contributed by atoms with van der Waals surface area (Å²) in [5, 5.41) is 0. The number of benzene rings is 1. The smallest absolute Gasteiger partial charge is 0.0931 e. The Morgan fingerprint density at radius 2 is 1.81 bits per heavy atom. The van der Waals surface area contributed by atoms with Crippen molar-refractivity contribution in [2.24, 2.45) is 0 Å². The summed E-state index contributed by atoms with van der Waals surface area (Å²) < 4.78 is 0.844. The Labute approximate surface area is 110 Å². The fraction of sp³-hybridized carbons (Fsp3) is 0.231. The van der Waals surface area contributed by atoms with Gasteiger partial charge in [0.15, 0.2) is 0 Å². The van der Waals surface area contributed by atoms with Crippen LogP contribution in [-0.4, -0.2) is 5.88 Å². The first-order chi connectivity index (χ1) is 7.79. The van der Waals surface area contributed by atoms with Crippen molar-refractivity contribution < 1.29 is 0 Å². The number of halogens is 2. The van der Waals surface area contributed by atoms with Gasteiger partial charge in [-0.1, -0.05) is 41.9 Å². The van der Waals surface area contributed by atoms with Crippen LogP contribution < -0.4 is 0 Å². The van der Waals surface area contributed by atoms with E-state index in [9.17, 15) is 0 Å². The van der Waals surface area contributed by atoms with Crippen molar-refractivity contribution in [1.29, 1.82) is 0 Å². The minimum Gasteiger partial charge on any atom is -0.128 e. The minimum atomic E-state index is 0.373. The molecule has 0 nitrogen and oxygen atoms in total. The van der Waals surface area contributed by atoms with Crippen LogP contribution in [0.2, 0.25) is 4.34 Å². The predicted molar refractivity (Wildman–Crippen MR) is 72.9 cm³/mol. The third-order valence-electron chi connectivity index (χ3n) is 2.53. The van der Waals surface area contributed by atoms with Gasteiger partial charge in [0.25, 0.3) is 0 Å². The summed E-state index contributed by atoms with van der Waals surface area (Å²) in [6.07, 6.45) is 0.963. The normalized spacial score (nSPS) is 12.6. The Bertz CT molecular complexity index is 436. The molecule has 0 aliphatic heterocycles. The second kappa shape index (κ2) is 5.72. The third kappa shape index (κ3) is 3.00. The Morgan fingerprint density at radius 1 is 1.06 bits per heavy atom. The summed E-state index contributed by atoms with van der Waals surface area (Å²) in [6, 6.07) is 14.4. The lowest BCUT2D eigenvalue weighted by molar-refractivity contribution is 0.776. The number of alkyl halides is 1. The maximum absolute atomic E-state index is 6.03. The van der Waals surface area contributed by atoms with E-state index < -0.39 is 0 Å². The Morgan fingerprint density at radius 3 is 2.38 bits per heavy atom. The molecule has 0 aliphatic carbocycles. The Kier molecular flexibility index (Phi) is 4.28. The molecular weight excluding hydrogens is 259 g/mol. The second-order valence-electron chi connectivity index (χ2n) is 3.67. The van der Waals surface area contributed by atoms with Crippen molar-refractivity contribution in [2.75, 3.05) is 5.88 Å². The molecule has 0 saturated heterocycles. The SMILES string of the molecule is ClCC(Cc1ccc(Cl)s1)c1ccccc1. The van der Waals surface area contributed by atoms with Crippen LogP contribution in [0.25, 0.3) is 0 Å². The van der Waals surface area contributed by atoms with E-state index in [1.807, 2.05) is 12.1 Å². The van der Waals surface area contributed by atoms with E-state index in [-0.39, 0.29) is 0 Å². The topological polar surface area (TPSA) is 0 Å². The van der Waals surface area contributed by atoms with Gasteiger partial charge in [0.05, 0.1) is 4.34 Å². The molecule has 1 heterocycles. The van der Waals surface area contributed by atoms with Gasteiger partial charge < -0.3 is 0 Å². The number of hydrogen-bond acceptors (Lipinski definition) is 1. The molecule has 1 unspecified atom stereocenters. The Hall–Kier alpha value is -0.500. The highest BCUT2D eigenvalue weighted by Crippen LogP contribution is 2.28. The quantitative estimate of drug-likeness (QED) is 0.689. The molecule has 0 aliphatic rings. The van der Waals surface area contributed by atoms with Crippen LogP contribution >= 0.6 is 34.5 Å². The minimum absolute atomic E-state index is 0.373. The molecule has 0 bridgehead atoms. The predicted octanol–water partition coefficient (Wildman–Crippen LogP) is 4.97. The van der Waals surface area contributed by atoms with E-state index in [1.165, 1.54) is 10.4 Å². The maximum atomic E-state index is 6.03. The highest BCUT2D eigenvalue weighted by Gasteiger charge is 2.12. The monoisotopic (exact) mass is 270 g/mol. The van der Waals surface area contributed by atoms with E-state index in [2.05, 4.69) is 30.3 Å². The van der Waals surface area contributed by atoms with E-state index in [0.717, 1.165) is 10.8 Å². The van der Waals surface area contributed by atoms with E-state index in [0.29, 0.717) is 11.8 Å². The summed E-state index contributed by atoms with van der Waals surface area (Å²) in [7, 11) is 0. The zero-order valence-electron chi connectivity index (χ0n) is 8.70. The van der Waals surface area contributed by atoms with Crippen molar-refractivity contribution in [2.45, 2.75) is 12.3 Å². The van der Waals surface area contributed by atoms with Crippen LogP contribution in [0.4, 0.5) is 0 Å². The van der Waals surface area contributed by atoms with Crippen LogP contribution in [0.15, 0.2) is 42.5 Å². The summed E-state index contributed by atoms with van der Waals surface area (Å²) in [4.78, 5) is 1.29. The highest BCUT2D eigenvalue weighted by atomic mass is 35.5. The van der Waals surface area contributed by atoms with Crippen LogP contribution in [0.1, 0.15) is 16.4 Å². The maximum Gasteiger partial charge on any atom is 0.0931 e. The van der Waals surface area contributed by atoms with Crippen molar-refractivity contribution in [3.8, 4) is 0 Å². The van der Waals surface area contributed by atoms with Crippen LogP contribution in [0, 0.1) is 0 Å². The molecule has 2 aromatic rings. The van der Waals surface area contributed by atoms with Gasteiger partial charge in [-0.15, -0.1) is 22.9 Å². The van der Waals surface area contributed by atoms with Gasteiger partial charge in [-0.25, -0.2) is 0 Å². The summed E-state index contributed by atoms with van der Waals surface area (Å²) >= 11 is 13.6. The number of thiophene rings is 1. The largest absolute Gasteiger partial charge is 0.128 e. The van der Waals surface area contributed by atoms with Gasteiger partial charge >= 0.3 is 0 Å². The lowest BCUT2D eigenvalue weighted by Crippen LogP contribution is -2.03. The average Bonchev–Trinajstić information content (AvgIpc) is 2.73. The van der Waals surface area contributed by atoms with Gasteiger partial charge in [-0.05, 0) is 24.1 Å². The van der Waals surface area contributed by atoms with Gasteiger partial charge in [0.1, 0.15) is 0 Å². The van der Waals surface area contributed by atoms with Crippen LogP contribution in [0.3, 0.4) is 0 Å². The average molecular weight is 271 g/mol. The van der Waals surface area contributed by atoms with E-state index >= 15 is 0 Å². The molecule has 0 N–H and O–H groups in total. The highest BCUT2D eigenvalue weighted by molar-refractivity contribution is 7.16. The molecule has 1 aromatic heterocycles. The molecule has 84 valence electrons. The molecule has 1 aromatic carbocycles. The third-order valence-corrected chi connectivity index (χ3v) is 4.16. The second-order valence-corrected chi connectivity index (χ2v) is 5.78. The number of hydrogen-bond donors (Lipinski definition) is 0. The lowest BCUT2D eigenvalue weighted by atomic mass is 9.97. The molecule has 0 saturated carbocycles. The van der Waals surface area contributed by atoms with Gasteiger partial charge in [-0.2, -0.15) is 0 Å². The first kappa shape index (κ1) is 12.0. The summed E-state index contributed by atoms with van der Waals surface area (Å²) in [5.74, 6) is 1.01. The van der Waals surface area contributed by atoms with E-state index in [4.69, 9.17) is 23.2 Å². The van der Waals surface area contributed by atoms with E-state index in [1.54, 1.807) is 11.3 Å². The summed E-state index contributed by atoms with van der Waals surface area (Å²) in [6.45, 7) is 0. The lowest BCUT2D eigenvalue weighted by Gasteiger charge is -2.12.